The number of hydrogen-bond donors (Lipinski definition) is 2. The molecule has 31 heavy (non-hydrogen) atoms. The van der Waals surface area contributed by atoms with Gasteiger partial charge >= 0.3 is 6.18 Å². The fourth-order valence-corrected chi connectivity index (χ4v) is 3.11. The highest BCUT2D eigenvalue weighted by Gasteiger charge is 2.35. The number of carbonyl (C=O) groups is 1. The third kappa shape index (κ3) is 5.13. The lowest BCUT2D eigenvalue weighted by Crippen LogP contribution is -2.37. The van der Waals surface area contributed by atoms with Crippen LogP contribution < -0.4 is 15.4 Å². The van der Waals surface area contributed by atoms with E-state index in [1.165, 1.54) is 18.1 Å². The average Bonchev–Trinajstić information content (AvgIpc) is 2.73. The Morgan fingerprint density at radius 2 is 2.16 bits per heavy atom. The minimum Gasteiger partial charge on any atom is -0.495 e. The van der Waals surface area contributed by atoms with Gasteiger partial charge in [-0.25, -0.2) is 9.37 Å². The number of rotatable bonds is 7. The summed E-state index contributed by atoms with van der Waals surface area (Å²) in [5.41, 5.74) is -0.702. The molecule has 0 radical (unpaired) electrons. The molecule has 0 bridgehead atoms. The molecule has 8 nitrogen and oxygen atoms in total. The van der Waals surface area contributed by atoms with Gasteiger partial charge in [0.15, 0.2) is 0 Å². The van der Waals surface area contributed by atoms with E-state index < -0.39 is 29.5 Å². The highest BCUT2D eigenvalue weighted by atomic mass is 19.4. The van der Waals surface area contributed by atoms with Gasteiger partial charge in [-0.05, 0) is 13.0 Å². The van der Waals surface area contributed by atoms with Gasteiger partial charge in [0, 0.05) is 30.9 Å². The number of anilines is 3. The molecule has 1 fully saturated rings. The van der Waals surface area contributed by atoms with Crippen molar-refractivity contribution in [1.29, 1.82) is 0 Å². The van der Waals surface area contributed by atoms with Gasteiger partial charge in [0.2, 0.25) is 12.4 Å². The quantitative estimate of drug-likeness (QED) is 0.501. The molecule has 0 saturated carbocycles. The summed E-state index contributed by atoms with van der Waals surface area (Å²) in [5.74, 6) is -1.000. The third-order valence-corrected chi connectivity index (χ3v) is 4.60. The molecule has 1 aliphatic rings. The summed E-state index contributed by atoms with van der Waals surface area (Å²) in [4.78, 5) is 20.0. The van der Waals surface area contributed by atoms with Crippen LogP contribution in [0.4, 0.5) is 35.0 Å². The molecule has 1 aromatic heterocycles. The van der Waals surface area contributed by atoms with Crippen molar-refractivity contribution in [2.45, 2.75) is 19.2 Å². The van der Waals surface area contributed by atoms with Gasteiger partial charge in [0.05, 0.1) is 25.9 Å². The smallest absolute Gasteiger partial charge is 0.421 e. The molecule has 12 heteroatoms. The molecule has 0 aliphatic carbocycles. The van der Waals surface area contributed by atoms with Crippen molar-refractivity contribution in [3.63, 3.8) is 0 Å². The van der Waals surface area contributed by atoms with E-state index in [4.69, 9.17) is 9.47 Å². The van der Waals surface area contributed by atoms with Crippen molar-refractivity contribution >= 4 is 23.9 Å². The summed E-state index contributed by atoms with van der Waals surface area (Å²) in [7, 11) is 1.36. The van der Waals surface area contributed by atoms with E-state index in [2.05, 4.69) is 20.6 Å². The van der Waals surface area contributed by atoms with Crippen molar-refractivity contribution in [3.8, 4) is 5.75 Å². The fraction of sp³-hybridized carbons (Fsp3) is 0.421. The second-order valence-corrected chi connectivity index (χ2v) is 6.64. The van der Waals surface area contributed by atoms with E-state index in [-0.39, 0.29) is 42.6 Å². The number of carbonyl (C=O) groups excluding carboxylic acids is 1. The average molecular weight is 443 g/mol. The summed E-state index contributed by atoms with van der Waals surface area (Å²) in [6.45, 7) is 2.71. The number of aromatic nitrogens is 2. The topological polar surface area (TPSA) is 88.6 Å². The highest BCUT2D eigenvalue weighted by molar-refractivity contribution is 5.65. The first-order valence-corrected chi connectivity index (χ1v) is 9.40. The molecular weight excluding hydrogens is 422 g/mol. The van der Waals surface area contributed by atoms with Crippen molar-refractivity contribution < 1.29 is 31.8 Å². The fourth-order valence-electron chi connectivity index (χ4n) is 3.11. The zero-order valence-corrected chi connectivity index (χ0v) is 16.8. The van der Waals surface area contributed by atoms with Crippen LogP contribution in [0.2, 0.25) is 0 Å². The van der Waals surface area contributed by atoms with E-state index in [0.29, 0.717) is 19.2 Å². The van der Waals surface area contributed by atoms with Gasteiger partial charge in [-0.3, -0.25) is 4.79 Å². The zero-order valence-electron chi connectivity index (χ0n) is 16.8. The van der Waals surface area contributed by atoms with Crippen LogP contribution in [-0.4, -0.2) is 54.6 Å². The second kappa shape index (κ2) is 9.33. The van der Waals surface area contributed by atoms with Gasteiger partial charge in [-0.15, -0.1) is 0 Å². The number of ether oxygens (including phenoxy) is 2. The van der Waals surface area contributed by atoms with Crippen molar-refractivity contribution in [2.24, 2.45) is 0 Å². The lowest BCUT2D eigenvalue weighted by Gasteiger charge is -2.31. The van der Waals surface area contributed by atoms with Gasteiger partial charge in [0.1, 0.15) is 29.1 Å². The largest absolute Gasteiger partial charge is 0.495 e. The van der Waals surface area contributed by atoms with Gasteiger partial charge < -0.3 is 25.0 Å². The molecule has 1 aromatic carbocycles. The summed E-state index contributed by atoms with van der Waals surface area (Å²) < 4.78 is 65.1. The standard InChI is InChI=1S/C19H21F4N5O3/c1-3-24-17-12(19(21,22)23)8-25-18(27-17)26-14-7-13(20)11(6-15(14)30-2)16-9-28(10-29)4-5-31-16/h6-8,10,16H,3-5,9H2,1-2H3,(H2,24,25,26,27). The number of benzene rings is 1. The van der Waals surface area contributed by atoms with Crippen LogP contribution in [0.3, 0.4) is 0 Å². The Balaban J connectivity index is 1.90. The minimum absolute atomic E-state index is 0.119. The van der Waals surface area contributed by atoms with Crippen LogP contribution in [0.5, 0.6) is 5.75 Å². The molecule has 1 saturated heterocycles. The number of alkyl halides is 3. The predicted molar refractivity (Wildman–Crippen MR) is 104 cm³/mol. The SMILES string of the molecule is CCNc1nc(Nc2cc(F)c(C3CN(C=O)CCO3)cc2OC)ncc1C(F)(F)F. The molecule has 3 rings (SSSR count). The van der Waals surface area contributed by atoms with Gasteiger partial charge in [0.25, 0.3) is 0 Å². The van der Waals surface area contributed by atoms with Crippen molar-refractivity contribution in [3.05, 3.63) is 35.3 Å². The number of methoxy groups -OCH3 is 1. The van der Waals surface area contributed by atoms with Crippen LogP contribution >= 0.6 is 0 Å². The van der Waals surface area contributed by atoms with E-state index in [1.54, 1.807) is 6.92 Å². The molecule has 1 aliphatic heterocycles. The summed E-state index contributed by atoms with van der Waals surface area (Å²) in [5, 5.41) is 5.23. The zero-order chi connectivity index (χ0) is 22.6. The Morgan fingerprint density at radius 1 is 1.39 bits per heavy atom. The second-order valence-electron chi connectivity index (χ2n) is 6.64. The van der Waals surface area contributed by atoms with Crippen LogP contribution in [0, 0.1) is 5.82 Å². The van der Waals surface area contributed by atoms with E-state index >= 15 is 0 Å². The highest BCUT2D eigenvalue weighted by Crippen LogP contribution is 2.36. The summed E-state index contributed by atoms with van der Waals surface area (Å²) >= 11 is 0. The molecule has 1 atom stereocenters. The maximum atomic E-state index is 14.8. The number of nitrogens with zero attached hydrogens (tertiary/aromatic N) is 3. The monoisotopic (exact) mass is 443 g/mol. The first kappa shape index (κ1) is 22.5. The number of nitrogens with one attached hydrogen (secondary N) is 2. The summed E-state index contributed by atoms with van der Waals surface area (Å²) in [6.07, 6.45) is -3.99. The maximum absolute atomic E-state index is 14.8. The third-order valence-electron chi connectivity index (χ3n) is 4.60. The molecular formula is C19H21F4N5O3. The van der Waals surface area contributed by atoms with Gasteiger partial charge in [-0.1, -0.05) is 0 Å². The molecule has 168 valence electrons. The normalized spacial score (nSPS) is 16.7. The lowest BCUT2D eigenvalue weighted by molar-refractivity contribution is -0.137. The molecule has 0 spiro atoms. The first-order chi connectivity index (χ1) is 14.8. The van der Waals surface area contributed by atoms with Crippen LogP contribution in [0.25, 0.3) is 0 Å². The van der Waals surface area contributed by atoms with Gasteiger partial charge in [-0.2, -0.15) is 18.2 Å². The van der Waals surface area contributed by atoms with Crippen LogP contribution in [0.15, 0.2) is 18.3 Å². The first-order valence-electron chi connectivity index (χ1n) is 9.40. The van der Waals surface area contributed by atoms with Crippen molar-refractivity contribution in [2.75, 3.05) is 44.0 Å². The van der Waals surface area contributed by atoms with Crippen molar-refractivity contribution in [1.82, 2.24) is 14.9 Å². The molecule has 2 N–H and O–H groups in total. The number of morpholine rings is 1. The number of hydrogen-bond acceptors (Lipinski definition) is 7. The van der Waals surface area contributed by atoms with E-state index in [1.807, 2.05) is 0 Å². The number of amides is 1. The Kier molecular flexibility index (Phi) is 6.78. The molecule has 1 unspecified atom stereocenters. The number of halogens is 4. The molecule has 1 amide bonds. The maximum Gasteiger partial charge on any atom is 0.421 e. The predicted octanol–water partition coefficient (Wildman–Crippen LogP) is 3.35. The van der Waals surface area contributed by atoms with Crippen LogP contribution in [0.1, 0.15) is 24.2 Å². The Labute approximate surface area is 175 Å². The summed E-state index contributed by atoms with van der Waals surface area (Å²) in [6, 6.07) is 2.53. The van der Waals surface area contributed by atoms with E-state index in [9.17, 15) is 22.4 Å². The van der Waals surface area contributed by atoms with E-state index in [0.717, 1.165) is 6.07 Å². The Hall–Kier alpha value is -3.15. The molecule has 2 heterocycles. The van der Waals surface area contributed by atoms with Crippen LogP contribution in [-0.2, 0) is 15.7 Å². The Bertz CT molecular complexity index is 941. The Morgan fingerprint density at radius 3 is 2.81 bits per heavy atom. The molecule has 2 aromatic rings. The minimum atomic E-state index is -4.63. The lowest BCUT2D eigenvalue weighted by atomic mass is 10.1.